The number of likely N-dealkylation sites (N-methyl/N-ethyl adjacent to an activating group) is 1. The van der Waals surface area contributed by atoms with Crippen LogP contribution in [0.1, 0.15) is 24.2 Å². The summed E-state index contributed by atoms with van der Waals surface area (Å²) in [7, 11) is 0. The minimum atomic E-state index is -0.515. The third-order valence-electron chi connectivity index (χ3n) is 2.47. The Morgan fingerprint density at radius 2 is 2.11 bits per heavy atom. The number of amides is 1. The highest BCUT2D eigenvalue weighted by Crippen LogP contribution is 2.19. The SMILES string of the molecule is CCOC(=O)c1cc(N(CC)CC(N)=O)ncc1N. The molecule has 0 aliphatic heterocycles. The molecule has 0 saturated carbocycles. The third-order valence-corrected chi connectivity index (χ3v) is 2.47. The summed E-state index contributed by atoms with van der Waals surface area (Å²) in [5, 5.41) is 0. The summed E-state index contributed by atoms with van der Waals surface area (Å²) >= 11 is 0. The van der Waals surface area contributed by atoms with Gasteiger partial charge in [-0.2, -0.15) is 0 Å². The third kappa shape index (κ3) is 3.84. The van der Waals surface area contributed by atoms with E-state index in [-0.39, 0.29) is 24.4 Å². The highest BCUT2D eigenvalue weighted by molar-refractivity contribution is 5.95. The summed E-state index contributed by atoms with van der Waals surface area (Å²) < 4.78 is 4.90. The molecule has 0 unspecified atom stereocenters. The van der Waals surface area contributed by atoms with Gasteiger partial charge in [-0.3, -0.25) is 4.79 Å². The number of carbonyl (C=O) groups excluding carboxylic acids is 2. The van der Waals surface area contributed by atoms with Gasteiger partial charge in [0.1, 0.15) is 5.82 Å². The second-order valence-electron chi connectivity index (χ2n) is 3.83. The first-order chi connectivity index (χ1) is 8.99. The molecule has 0 atom stereocenters. The summed E-state index contributed by atoms with van der Waals surface area (Å²) in [6.45, 7) is 4.37. The van der Waals surface area contributed by atoms with Crippen molar-refractivity contribution in [2.45, 2.75) is 13.8 Å². The van der Waals surface area contributed by atoms with E-state index in [1.165, 1.54) is 12.3 Å². The van der Waals surface area contributed by atoms with Gasteiger partial charge in [-0.1, -0.05) is 0 Å². The Morgan fingerprint density at radius 3 is 2.63 bits per heavy atom. The molecule has 4 N–H and O–H groups in total. The number of primary amides is 1. The van der Waals surface area contributed by atoms with E-state index in [9.17, 15) is 9.59 Å². The maximum absolute atomic E-state index is 11.7. The molecular formula is C12H18N4O3. The van der Waals surface area contributed by atoms with Crippen molar-refractivity contribution < 1.29 is 14.3 Å². The minimum absolute atomic E-state index is 0.0235. The number of hydrogen-bond acceptors (Lipinski definition) is 6. The minimum Gasteiger partial charge on any atom is -0.462 e. The predicted molar refractivity (Wildman–Crippen MR) is 71.7 cm³/mol. The quantitative estimate of drug-likeness (QED) is 0.709. The number of esters is 1. The summed E-state index contributed by atoms with van der Waals surface area (Å²) in [4.78, 5) is 28.4. The van der Waals surface area contributed by atoms with E-state index in [1.54, 1.807) is 11.8 Å². The van der Waals surface area contributed by atoms with E-state index in [4.69, 9.17) is 16.2 Å². The molecular weight excluding hydrogens is 248 g/mol. The Morgan fingerprint density at radius 1 is 1.42 bits per heavy atom. The number of hydrogen-bond donors (Lipinski definition) is 2. The molecule has 7 heteroatoms. The Balaban J connectivity index is 3.06. The van der Waals surface area contributed by atoms with Gasteiger partial charge >= 0.3 is 5.97 Å². The van der Waals surface area contributed by atoms with Gasteiger partial charge in [0.25, 0.3) is 0 Å². The summed E-state index contributed by atoms with van der Waals surface area (Å²) in [6, 6.07) is 1.50. The van der Waals surface area contributed by atoms with Gasteiger partial charge in [0, 0.05) is 6.54 Å². The van der Waals surface area contributed by atoms with Crippen LogP contribution in [0, 0.1) is 0 Å². The number of rotatable bonds is 6. The van der Waals surface area contributed by atoms with Gasteiger partial charge in [-0.25, -0.2) is 9.78 Å². The first-order valence-corrected chi connectivity index (χ1v) is 5.95. The van der Waals surface area contributed by atoms with Crippen LogP contribution in [0.4, 0.5) is 11.5 Å². The van der Waals surface area contributed by atoms with E-state index in [2.05, 4.69) is 4.98 Å². The molecule has 1 aromatic heterocycles. The molecule has 19 heavy (non-hydrogen) atoms. The van der Waals surface area contributed by atoms with Crippen LogP contribution in [0.15, 0.2) is 12.3 Å². The fourth-order valence-electron chi connectivity index (χ4n) is 1.56. The lowest BCUT2D eigenvalue weighted by Gasteiger charge is -2.20. The maximum atomic E-state index is 11.7. The van der Waals surface area contributed by atoms with Crippen molar-refractivity contribution >= 4 is 23.4 Å². The average Bonchev–Trinajstić information content (AvgIpc) is 2.36. The first kappa shape index (κ1) is 14.7. The van der Waals surface area contributed by atoms with Crippen LogP contribution in [0.2, 0.25) is 0 Å². The highest BCUT2D eigenvalue weighted by Gasteiger charge is 2.16. The molecule has 1 rings (SSSR count). The van der Waals surface area contributed by atoms with Crippen LogP contribution in [0.3, 0.4) is 0 Å². The summed E-state index contributed by atoms with van der Waals surface area (Å²) in [5.41, 5.74) is 11.3. The van der Waals surface area contributed by atoms with Crippen molar-refractivity contribution in [1.29, 1.82) is 0 Å². The number of aromatic nitrogens is 1. The molecule has 1 amide bonds. The zero-order valence-corrected chi connectivity index (χ0v) is 11.0. The van der Waals surface area contributed by atoms with Crippen molar-refractivity contribution in [2.75, 3.05) is 30.3 Å². The van der Waals surface area contributed by atoms with Crippen LogP contribution in [-0.4, -0.2) is 36.6 Å². The zero-order chi connectivity index (χ0) is 14.4. The van der Waals surface area contributed by atoms with Gasteiger partial charge < -0.3 is 21.1 Å². The van der Waals surface area contributed by atoms with Crippen LogP contribution in [0.5, 0.6) is 0 Å². The van der Waals surface area contributed by atoms with E-state index in [0.29, 0.717) is 12.4 Å². The van der Waals surface area contributed by atoms with Crippen molar-refractivity contribution in [3.8, 4) is 0 Å². The molecule has 1 aromatic rings. The Kier molecular flexibility index (Phi) is 5.11. The Labute approximate surface area is 111 Å². The van der Waals surface area contributed by atoms with Crippen molar-refractivity contribution in [2.24, 2.45) is 5.73 Å². The van der Waals surface area contributed by atoms with E-state index in [0.717, 1.165) is 0 Å². The second-order valence-corrected chi connectivity index (χ2v) is 3.83. The van der Waals surface area contributed by atoms with Gasteiger partial charge in [0.15, 0.2) is 0 Å². The van der Waals surface area contributed by atoms with Crippen LogP contribution >= 0.6 is 0 Å². The number of nitrogens with two attached hydrogens (primary N) is 2. The molecule has 0 aliphatic carbocycles. The Bertz CT molecular complexity index is 476. The van der Waals surface area contributed by atoms with E-state index < -0.39 is 11.9 Å². The largest absolute Gasteiger partial charge is 0.462 e. The lowest BCUT2D eigenvalue weighted by molar-refractivity contribution is -0.116. The zero-order valence-electron chi connectivity index (χ0n) is 11.0. The van der Waals surface area contributed by atoms with Gasteiger partial charge in [-0.05, 0) is 19.9 Å². The number of nitrogens with zero attached hydrogens (tertiary/aromatic N) is 2. The number of nitrogen functional groups attached to an aromatic ring is 1. The van der Waals surface area contributed by atoms with Gasteiger partial charge in [-0.15, -0.1) is 0 Å². The topological polar surface area (TPSA) is 112 Å². The molecule has 0 spiro atoms. The van der Waals surface area contributed by atoms with Crippen molar-refractivity contribution in [3.63, 3.8) is 0 Å². The van der Waals surface area contributed by atoms with E-state index in [1.807, 2.05) is 6.92 Å². The van der Waals surface area contributed by atoms with Crippen molar-refractivity contribution in [1.82, 2.24) is 4.98 Å². The number of pyridine rings is 1. The van der Waals surface area contributed by atoms with Gasteiger partial charge in [0.05, 0.1) is 30.6 Å². The molecule has 0 aromatic carbocycles. The fraction of sp³-hybridized carbons (Fsp3) is 0.417. The average molecular weight is 266 g/mol. The van der Waals surface area contributed by atoms with Crippen LogP contribution in [0.25, 0.3) is 0 Å². The smallest absolute Gasteiger partial charge is 0.340 e. The summed E-state index contributed by atoms with van der Waals surface area (Å²) in [5.74, 6) is -0.532. The number of anilines is 2. The molecule has 0 radical (unpaired) electrons. The van der Waals surface area contributed by atoms with E-state index >= 15 is 0 Å². The monoisotopic (exact) mass is 266 g/mol. The number of carbonyl (C=O) groups is 2. The molecule has 0 saturated heterocycles. The first-order valence-electron chi connectivity index (χ1n) is 5.95. The molecule has 0 aliphatic rings. The molecule has 1 heterocycles. The maximum Gasteiger partial charge on any atom is 0.340 e. The highest BCUT2D eigenvalue weighted by atomic mass is 16.5. The lowest BCUT2D eigenvalue weighted by atomic mass is 10.2. The normalized spacial score (nSPS) is 10.0. The fourth-order valence-corrected chi connectivity index (χ4v) is 1.56. The summed E-state index contributed by atoms with van der Waals surface area (Å²) in [6.07, 6.45) is 1.37. The molecule has 104 valence electrons. The Hall–Kier alpha value is -2.31. The lowest BCUT2D eigenvalue weighted by Crippen LogP contribution is -2.34. The van der Waals surface area contributed by atoms with Crippen molar-refractivity contribution in [3.05, 3.63) is 17.8 Å². The molecule has 0 fully saturated rings. The van der Waals surface area contributed by atoms with Crippen LogP contribution < -0.4 is 16.4 Å². The molecule has 7 nitrogen and oxygen atoms in total. The van der Waals surface area contributed by atoms with Crippen LogP contribution in [-0.2, 0) is 9.53 Å². The second kappa shape index (κ2) is 6.58. The molecule has 0 bridgehead atoms. The standard InChI is InChI=1S/C12H18N4O3/c1-3-16(7-10(14)17)11-5-8(9(13)6-15-11)12(18)19-4-2/h5-6H,3-4,7,13H2,1-2H3,(H2,14,17). The predicted octanol–water partition coefficient (Wildman–Crippen LogP) is 0.152. The van der Waals surface area contributed by atoms with Gasteiger partial charge in [0.2, 0.25) is 5.91 Å². The number of ether oxygens (including phenoxy) is 1.